The Morgan fingerprint density at radius 1 is 0.960 bits per heavy atom. The Hall–Kier alpha value is -3.82. The number of rotatable bonds is 8. The van der Waals surface area contributed by atoms with Crippen molar-refractivity contribution in [2.45, 2.75) is 97.0 Å². The molecule has 2 saturated carbocycles. The third kappa shape index (κ3) is 6.55. The lowest BCUT2D eigenvalue weighted by Crippen LogP contribution is -2.54. The fourth-order valence-corrected chi connectivity index (χ4v) is 8.46. The third-order valence-corrected chi connectivity index (χ3v) is 11.6. The summed E-state index contributed by atoms with van der Waals surface area (Å²) in [5, 5.41) is 0. The van der Waals surface area contributed by atoms with Crippen LogP contribution in [0.25, 0.3) is 11.1 Å². The number of hydrogen-bond donors (Lipinski definition) is 0. The highest BCUT2D eigenvalue weighted by Gasteiger charge is 2.51. The molecule has 9 heteroatoms. The maximum atomic E-state index is 13.3. The standard InChI is InChI=1S/C41H54N4O5/c1-26-27(2)38(46)42(6)23-33(26)30-20-35(48-7)34(36(21-30)49-8)24-43-18-19-44(41(25-43)15-16-41)22-29-10-9-11-32-31(29)14-17-45(37(32)28-12-13-28)39(47)50-40(3,4)5/h9-11,20-21,23,28,37H,12-19,22,24-25H2,1-8H3. The molecule has 0 N–H and O–H groups in total. The predicted molar refractivity (Wildman–Crippen MR) is 196 cm³/mol. The van der Waals surface area contributed by atoms with Crippen LogP contribution in [-0.4, -0.2) is 76.9 Å². The summed E-state index contributed by atoms with van der Waals surface area (Å²) in [5.41, 5.74) is 8.65. The van der Waals surface area contributed by atoms with Gasteiger partial charge in [-0.1, -0.05) is 18.2 Å². The molecule has 7 rings (SSSR count). The van der Waals surface area contributed by atoms with Crippen LogP contribution in [0.15, 0.2) is 41.3 Å². The molecule has 268 valence electrons. The zero-order chi connectivity index (χ0) is 35.5. The summed E-state index contributed by atoms with van der Waals surface area (Å²) in [6, 6.07) is 11.1. The maximum absolute atomic E-state index is 13.3. The van der Waals surface area contributed by atoms with Gasteiger partial charge in [-0.25, -0.2) is 4.79 Å². The second kappa shape index (κ2) is 13.1. The third-order valence-electron chi connectivity index (χ3n) is 11.6. The number of piperazine rings is 1. The molecule has 3 fully saturated rings. The van der Waals surface area contributed by atoms with Crippen LogP contribution in [0.4, 0.5) is 4.79 Å². The highest BCUT2D eigenvalue weighted by molar-refractivity contribution is 5.72. The first kappa shape index (κ1) is 34.6. The lowest BCUT2D eigenvalue weighted by atomic mass is 9.86. The number of aryl methyl sites for hydroxylation is 1. The van der Waals surface area contributed by atoms with Crippen LogP contribution in [0, 0.1) is 19.8 Å². The van der Waals surface area contributed by atoms with E-state index in [0.717, 1.165) is 78.5 Å². The van der Waals surface area contributed by atoms with Gasteiger partial charge in [-0.05, 0) is 113 Å². The summed E-state index contributed by atoms with van der Waals surface area (Å²) in [4.78, 5) is 33.1. The summed E-state index contributed by atoms with van der Waals surface area (Å²) in [7, 11) is 5.25. The Bertz CT molecular complexity index is 1830. The molecule has 3 aromatic rings. The quantitative estimate of drug-likeness (QED) is 0.259. The van der Waals surface area contributed by atoms with E-state index < -0.39 is 5.60 Å². The number of ether oxygens (including phenoxy) is 3. The van der Waals surface area contributed by atoms with E-state index in [4.69, 9.17) is 14.2 Å². The van der Waals surface area contributed by atoms with Crippen molar-refractivity contribution in [2.24, 2.45) is 13.0 Å². The van der Waals surface area contributed by atoms with Gasteiger partial charge in [0.05, 0.1) is 25.8 Å². The molecule has 4 aliphatic rings. The molecule has 1 spiro atoms. The SMILES string of the molecule is COc1cc(-c2cn(C)c(=O)c(C)c2C)cc(OC)c1CN1CCN(Cc2cccc3c2CCN(C(=O)OC(C)(C)C)C3C2CC2)C2(CC2)C1. The maximum Gasteiger partial charge on any atom is 0.410 e. The number of pyridine rings is 1. The number of carbonyl (C=O) groups excluding carboxylic acids is 1. The minimum atomic E-state index is -0.504. The molecule has 1 atom stereocenters. The van der Waals surface area contributed by atoms with Crippen molar-refractivity contribution in [1.29, 1.82) is 0 Å². The second-order valence-corrected chi connectivity index (χ2v) is 16.1. The molecule has 1 saturated heterocycles. The van der Waals surface area contributed by atoms with Gasteiger partial charge in [0.1, 0.15) is 17.1 Å². The number of benzene rings is 2. The first-order valence-electron chi connectivity index (χ1n) is 18.3. The molecule has 2 aliphatic heterocycles. The average molecular weight is 683 g/mol. The molecule has 2 aromatic carbocycles. The second-order valence-electron chi connectivity index (χ2n) is 16.1. The van der Waals surface area contributed by atoms with Crippen LogP contribution in [0.2, 0.25) is 0 Å². The summed E-state index contributed by atoms with van der Waals surface area (Å²) in [5.74, 6) is 2.13. The molecular formula is C41H54N4O5. The number of hydrogen-bond acceptors (Lipinski definition) is 7. The smallest absolute Gasteiger partial charge is 0.410 e. The molecule has 50 heavy (non-hydrogen) atoms. The van der Waals surface area contributed by atoms with Crippen LogP contribution in [0.3, 0.4) is 0 Å². The molecular weight excluding hydrogens is 628 g/mol. The van der Waals surface area contributed by atoms with Crippen molar-refractivity contribution < 1.29 is 19.0 Å². The summed E-state index contributed by atoms with van der Waals surface area (Å²) in [6.07, 6.45) is 7.34. The van der Waals surface area contributed by atoms with Crippen molar-refractivity contribution >= 4 is 6.09 Å². The Kier molecular flexibility index (Phi) is 9.04. The number of aromatic nitrogens is 1. The summed E-state index contributed by atoms with van der Waals surface area (Å²) >= 11 is 0. The Morgan fingerprint density at radius 3 is 2.28 bits per heavy atom. The van der Waals surface area contributed by atoms with E-state index in [-0.39, 0.29) is 23.2 Å². The van der Waals surface area contributed by atoms with Crippen molar-refractivity contribution in [1.82, 2.24) is 19.3 Å². The number of amides is 1. The minimum Gasteiger partial charge on any atom is -0.496 e. The molecule has 0 radical (unpaired) electrons. The number of carbonyl (C=O) groups is 1. The number of methoxy groups -OCH3 is 2. The van der Waals surface area contributed by atoms with E-state index >= 15 is 0 Å². The first-order chi connectivity index (χ1) is 23.8. The van der Waals surface area contributed by atoms with E-state index in [9.17, 15) is 9.59 Å². The lowest BCUT2D eigenvalue weighted by Gasteiger charge is -2.43. The van der Waals surface area contributed by atoms with Gasteiger partial charge in [0.2, 0.25) is 0 Å². The first-order valence-corrected chi connectivity index (χ1v) is 18.3. The van der Waals surface area contributed by atoms with Gasteiger partial charge in [-0.15, -0.1) is 0 Å². The van der Waals surface area contributed by atoms with Gasteiger partial charge in [0.15, 0.2) is 0 Å². The van der Waals surface area contributed by atoms with E-state index in [1.54, 1.807) is 25.8 Å². The van der Waals surface area contributed by atoms with Gasteiger partial charge < -0.3 is 23.7 Å². The highest BCUT2D eigenvalue weighted by atomic mass is 16.6. The van der Waals surface area contributed by atoms with Crippen molar-refractivity contribution in [3.8, 4) is 22.6 Å². The summed E-state index contributed by atoms with van der Waals surface area (Å²) < 4.78 is 19.5. The number of fused-ring (bicyclic) bond motifs is 1. The topological polar surface area (TPSA) is 76.5 Å². The van der Waals surface area contributed by atoms with Gasteiger partial charge in [-0.2, -0.15) is 0 Å². The van der Waals surface area contributed by atoms with E-state index in [2.05, 4.69) is 40.1 Å². The predicted octanol–water partition coefficient (Wildman–Crippen LogP) is 6.78. The van der Waals surface area contributed by atoms with Crippen LogP contribution < -0.4 is 15.0 Å². The van der Waals surface area contributed by atoms with Crippen molar-refractivity contribution in [3.63, 3.8) is 0 Å². The molecule has 9 nitrogen and oxygen atoms in total. The average Bonchev–Trinajstić information content (AvgIpc) is 4.03. The largest absolute Gasteiger partial charge is 0.496 e. The Morgan fingerprint density at radius 2 is 1.66 bits per heavy atom. The highest BCUT2D eigenvalue weighted by Crippen LogP contribution is 2.50. The van der Waals surface area contributed by atoms with E-state index in [1.807, 2.05) is 45.7 Å². The monoisotopic (exact) mass is 682 g/mol. The zero-order valence-corrected chi connectivity index (χ0v) is 31.2. The van der Waals surface area contributed by atoms with Gasteiger partial charge >= 0.3 is 6.09 Å². The van der Waals surface area contributed by atoms with Gasteiger partial charge in [0, 0.05) is 69.2 Å². The van der Waals surface area contributed by atoms with Crippen LogP contribution in [0.1, 0.15) is 85.9 Å². The molecule has 0 bridgehead atoms. The van der Waals surface area contributed by atoms with Crippen molar-refractivity contribution in [3.05, 3.63) is 80.3 Å². The minimum absolute atomic E-state index is 0.0226. The lowest BCUT2D eigenvalue weighted by molar-refractivity contribution is 0.0115. The van der Waals surface area contributed by atoms with Crippen molar-refractivity contribution in [2.75, 3.05) is 40.4 Å². The van der Waals surface area contributed by atoms with Crippen LogP contribution in [0.5, 0.6) is 11.5 Å². The Balaban J connectivity index is 1.09. The molecule has 1 unspecified atom stereocenters. The van der Waals surface area contributed by atoms with E-state index in [1.165, 1.54) is 42.4 Å². The van der Waals surface area contributed by atoms with E-state index in [0.29, 0.717) is 12.5 Å². The normalized spacial score (nSPS) is 20.5. The van der Waals surface area contributed by atoms with Gasteiger partial charge in [0.25, 0.3) is 5.56 Å². The molecule has 3 heterocycles. The molecule has 1 aromatic heterocycles. The zero-order valence-electron chi connectivity index (χ0n) is 31.2. The number of nitrogens with zero attached hydrogens (tertiary/aromatic N) is 4. The molecule has 1 amide bonds. The Labute approximate surface area is 297 Å². The van der Waals surface area contributed by atoms with Gasteiger partial charge in [-0.3, -0.25) is 14.6 Å². The fraction of sp³-hybridized carbons (Fsp3) is 0.561. The fourth-order valence-electron chi connectivity index (χ4n) is 8.46. The van der Waals surface area contributed by atoms with Crippen LogP contribution in [-0.2, 0) is 31.3 Å². The van der Waals surface area contributed by atoms with Crippen LogP contribution >= 0.6 is 0 Å². The summed E-state index contributed by atoms with van der Waals surface area (Å²) in [6.45, 7) is 15.1. The molecule has 2 aliphatic carbocycles.